The number of hydrogen-bond donors (Lipinski definition) is 2. The molecule has 0 bridgehead atoms. The van der Waals surface area contributed by atoms with Crippen molar-refractivity contribution in [1.82, 2.24) is 5.32 Å². The van der Waals surface area contributed by atoms with Crippen LogP contribution in [-0.2, 0) is 9.59 Å². The lowest BCUT2D eigenvalue weighted by Crippen LogP contribution is -2.46. The molecule has 0 aromatic rings. The maximum absolute atomic E-state index is 12.0. The maximum Gasteiger partial charge on any atom is 0.308 e. The zero-order valence-corrected chi connectivity index (χ0v) is 10.2. The first-order valence-corrected chi connectivity index (χ1v) is 5.90. The number of hydrogen-bond acceptors (Lipinski definition) is 2. The fourth-order valence-electron chi connectivity index (χ4n) is 2.10. The zero-order valence-electron chi connectivity index (χ0n) is 10.2. The Morgan fingerprint density at radius 2 is 1.75 bits per heavy atom. The van der Waals surface area contributed by atoms with Gasteiger partial charge in [0.15, 0.2) is 0 Å². The van der Waals surface area contributed by atoms with E-state index in [1.165, 1.54) is 0 Å². The van der Waals surface area contributed by atoms with E-state index in [2.05, 4.69) is 5.32 Å². The van der Waals surface area contributed by atoms with Crippen LogP contribution in [0.1, 0.15) is 46.5 Å². The van der Waals surface area contributed by atoms with E-state index < -0.39 is 11.9 Å². The molecular formula is C12H21NO3. The summed E-state index contributed by atoms with van der Waals surface area (Å²) in [5, 5.41) is 11.7. The lowest BCUT2D eigenvalue weighted by atomic mass is 9.87. The third kappa shape index (κ3) is 2.74. The maximum atomic E-state index is 12.0. The van der Waals surface area contributed by atoms with E-state index in [1.54, 1.807) is 13.8 Å². The van der Waals surface area contributed by atoms with Gasteiger partial charge in [0.1, 0.15) is 0 Å². The zero-order chi connectivity index (χ0) is 12.3. The smallest absolute Gasteiger partial charge is 0.308 e. The molecule has 2 atom stereocenters. The minimum absolute atomic E-state index is 0.00519. The van der Waals surface area contributed by atoms with Crippen LogP contribution < -0.4 is 5.32 Å². The molecule has 0 aromatic heterocycles. The van der Waals surface area contributed by atoms with Crippen LogP contribution in [0.4, 0.5) is 0 Å². The molecule has 1 amide bonds. The highest BCUT2D eigenvalue weighted by molar-refractivity contribution is 5.83. The number of carboxylic acid groups (broad SMARTS) is 1. The van der Waals surface area contributed by atoms with Crippen molar-refractivity contribution in [3.05, 3.63) is 0 Å². The first kappa shape index (κ1) is 13.0. The molecule has 0 spiro atoms. The van der Waals surface area contributed by atoms with Crippen LogP contribution in [0, 0.1) is 11.3 Å². The van der Waals surface area contributed by atoms with Crippen LogP contribution in [0.2, 0.25) is 0 Å². The Balaban J connectivity index is 2.54. The standard InChI is InChI=1S/C12H21NO3/c1-8(10(14)15)9(2)13-11(16)12(3)6-4-5-7-12/h8-9H,4-7H2,1-3H3,(H,13,16)(H,14,15). The minimum atomic E-state index is -0.871. The van der Waals surface area contributed by atoms with Crippen molar-refractivity contribution in [2.24, 2.45) is 11.3 Å². The largest absolute Gasteiger partial charge is 0.481 e. The van der Waals surface area contributed by atoms with Crippen LogP contribution in [-0.4, -0.2) is 23.0 Å². The van der Waals surface area contributed by atoms with E-state index >= 15 is 0 Å². The summed E-state index contributed by atoms with van der Waals surface area (Å²) < 4.78 is 0. The Morgan fingerprint density at radius 3 is 2.19 bits per heavy atom. The quantitative estimate of drug-likeness (QED) is 0.769. The summed E-state index contributed by atoms with van der Waals surface area (Å²) in [6.07, 6.45) is 4.00. The van der Waals surface area contributed by atoms with Gasteiger partial charge in [-0.15, -0.1) is 0 Å². The summed E-state index contributed by atoms with van der Waals surface area (Å²) in [6, 6.07) is -0.317. The number of carbonyl (C=O) groups excluding carboxylic acids is 1. The average molecular weight is 227 g/mol. The molecule has 1 rings (SSSR count). The topological polar surface area (TPSA) is 66.4 Å². The van der Waals surface area contributed by atoms with Gasteiger partial charge in [-0.3, -0.25) is 9.59 Å². The lowest BCUT2D eigenvalue weighted by Gasteiger charge is -2.26. The van der Waals surface area contributed by atoms with E-state index in [-0.39, 0.29) is 17.4 Å². The Labute approximate surface area is 96.4 Å². The van der Waals surface area contributed by atoms with Gasteiger partial charge >= 0.3 is 5.97 Å². The van der Waals surface area contributed by atoms with Gasteiger partial charge in [0, 0.05) is 11.5 Å². The van der Waals surface area contributed by atoms with Gasteiger partial charge in [0.2, 0.25) is 5.91 Å². The molecule has 4 nitrogen and oxygen atoms in total. The van der Waals surface area contributed by atoms with Gasteiger partial charge in [-0.2, -0.15) is 0 Å². The molecule has 2 N–H and O–H groups in total. The van der Waals surface area contributed by atoms with Crippen molar-refractivity contribution < 1.29 is 14.7 Å². The molecule has 1 aliphatic carbocycles. The van der Waals surface area contributed by atoms with E-state index in [0.717, 1.165) is 25.7 Å². The molecule has 0 radical (unpaired) electrons. The first-order valence-electron chi connectivity index (χ1n) is 5.90. The molecule has 0 aromatic carbocycles. The molecular weight excluding hydrogens is 206 g/mol. The van der Waals surface area contributed by atoms with Crippen LogP contribution in [0.15, 0.2) is 0 Å². The molecule has 1 aliphatic rings. The van der Waals surface area contributed by atoms with Gasteiger partial charge in [0.05, 0.1) is 5.92 Å². The van der Waals surface area contributed by atoms with Gasteiger partial charge in [-0.1, -0.05) is 19.8 Å². The third-order valence-electron chi connectivity index (χ3n) is 3.75. The minimum Gasteiger partial charge on any atom is -0.481 e. The number of carboxylic acids is 1. The molecule has 16 heavy (non-hydrogen) atoms. The molecule has 92 valence electrons. The predicted octanol–water partition coefficient (Wildman–Crippen LogP) is 1.79. The Bertz CT molecular complexity index is 282. The van der Waals surface area contributed by atoms with E-state index in [4.69, 9.17) is 5.11 Å². The number of amides is 1. The highest BCUT2D eigenvalue weighted by Gasteiger charge is 2.37. The second-order valence-corrected chi connectivity index (χ2v) is 5.16. The van der Waals surface area contributed by atoms with Crippen molar-refractivity contribution in [3.8, 4) is 0 Å². The summed E-state index contributed by atoms with van der Waals surface area (Å²) in [5.41, 5.74) is -0.285. The van der Waals surface area contributed by atoms with Crippen LogP contribution in [0.3, 0.4) is 0 Å². The SMILES string of the molecule is CC(NC(=O)C1(C)CCCC1)C(C)C(=O)O. The summed E-state index contributed by atoms with van der Waals surface area (Å²) in [7, 11) is 0. The normalized spacial score (nSPS) is 22.4. The Morgan fingerprint density at radius 1 is 1.25 bits per heavy atom. The average Bonchev–Trinajstić information content (AvgIpc) is 2.65. The number of aliphatic carboxylic acids is 1. The number of carbonyl (C=O) groups is 2. The van der Waals surface area contributed by atoms with Crippen molar-refractivity contribution in [2.45, 2.75) is 52.5 Å². The fraction of sp³-hybridized carbons (Fsp3) is 0.833. The van der Waals surface area contributed by atoms with Crippen LogP contribution in [0.5, 0.6) is 0 Å². The molecule has 1 fully saturated rings. The molecule has 0 saturated heterocycles. The van der Waals surface area contributed by atoms with E-state index in [9.17, 15) is 9.59 Å². The predicted molar refractivity (Wildman–Crippen MR) is 61.0 cm³/mol. The first-order chi connectivity index (χ1) is 7.37. The lowest BCUT2D eigenvalue weighted by molar-refractivity contribution is -0.142. The van der Waals surface area contributed by atoms with E-state index in [1.807, 2.05) is 6.92 Å². The summed E-state index contributed by atoms with van der Waals surface area (Å²) in [4.78, 5) is 22.8. The van der Waals surface area contributed by atoms with Crippen LogP contribution >= 0.6 is 0 Å². The molecule has 4 heteroatoms. The Kier molecular flexibility index (Phi) is 3.94. The molecule has 1 saturated carbocycles. The molecule has 0 aliphatic heterocycles. The second kappa shape index (κ2) is 4.85. The second-order valence-electron chi connectivity index (χ2n) is 5.16. The van der Waals surface area contributed by atoms with Crippen molar-refractivity contribution in [2.75, 3.05) is 0 Å². The van der Waals surface area contributed by atoms with Crippen molar-refractivity contribution in [3.63, 3.8) is 0 Å². The fourth-order valence-corrected chi connectivity index (χ4v) is 2.10. The molecule has 0 heterocycles. The summed E-state index contributed by atoms with van der Waals surface area (Å²) in [6.45, 7) is 5.33. The Hall–Kier alpha value is -1.06. The highest BCUT2D eigenvalue weighted by Crippen LogP contribution is 2.37. The molecule has 2 unspecified atom stereocenters. The van der Waals surface area contributed by atoms with Crippen molar-refractivity contribution in [1.29, 1.82) is 0 Å². The summed E-state index contributed by atoms with van der Waals surface area (Å²) >= 11 is 0. The highest BCUT2D eigenvalue weighted by atomic mass is 16.4. The van der Waals surface area contributed by atoms with Gasteiger partial charge in [-0.25, -0.2) is 0 Å². The summed E-state index contributed by atoms with van der Waals surface area (Å²) in [5.74, 6) is -1.41. The number of nitrogens with one attached hydrogen (secondary N) is 1. The van der Waals surface area contributed by atoms with Crippen LogP contribution in [0.25, 0.3) is 0 Å². The van der Waals surface area contributed by atoms with Gasteiger partial charge in [-0.05, 0) is 26.7 Å². The number of rotatable bonds is 4. The van der Waals surface area contributed by atoms with Gasteiger partial charge < -0.3 is 10.4 Å². The van der Waals surface area contributed by atoms with E-state index in [0.29, 0.717) is 0 Å². The monoisotopic (exact) mass is 227 g/mol. The van der Waals surface area contributed by atoms with Gasteiger partial charge in [0.25, 0.3) is 0 Å². The third-order valence-corrected chi connectivity index (χ3v) is 3.75. The van der Waals surface area contributed by atoms with Crippen molar-refractivity contribution >= 4 is 11.9 Å².